The number of fused-ring (bicyclic) bond motifs is 1. The van der Waals surface area contributed by atoms with Crippen molar-refractivity contribution in [2.45, 2.75) is 13.8 Å². The minimum atomic E-state index is -0.280. The van der Waals surface area contributed by atoms with E-state index >= 15 is 0 Å². The van der Waals surface area contributed by atoms with Crippen LogP contribution in [0.25, 0.3) is 22.2 Å². The lowest BCUT2D eigenvalue weighted by atomic mass is 9.99. The van der Waals surface area contributed by atoms with Gasteiger partial charge in [-0.2, -0.15) is 0 Å². The molecule has 1 heterocycles. The highest BCUT2D eigenvalue weighted by Gasteiger charge is 2.18. The fourth-order valence-electron chi connectivity index (χ4n) is 3.75. The zero-order chi connectivity index (χ0) is 22.8. The van der Waals surface area contributed by atoms with Crippen molar-refractivity contribution in [2.24, 2.45) is 0 Å². The molecule has 0 saturated heterocycles. The lowest BCUT2D eigenvalue weighted by Gasteiger charge is -2.15. The standard InChI is InChI=1S/C26H23ClN2O3/c1-15-9-10-17(16(2)11-15)22-12-19(18-7-5-6-8-21(18)28-22)26(30)29-23-14-24(31-3)20(27)13-25(23)32-4/h5-14H,1-4H3,(H,29,30). The van der Waals surface area contributed by atoms with Crippen LogP contribution in [0.2, 0.25) is 5.02 Å². The maximum Gasteiger partial charge on any atom is 0.256 e. The van der Waals surface area contributed by atoms with E-state index in [9.17, 15) is 4.79 Å². The molecule has 0 aliphatic carbocycles. The third-order valence-electron chi connectivity index (χ3n) is 5.34. The molecule has 0 fully saturated rings. The fourth-order valence-corrected chi connectivity index (χ4v) is 3.98. The van der Waals surface area contributed by atoms with Gasteiger partial charge in [-0.1, -0.05) is 53.6 Å². The number of pyridine rings is 1. The number of hydrogen-bond acceptors (Lipinski definition) is 4. The second-order valence-corrected chi connectivity index (χ2v) is 7.94. The SMILES string of the molecule is COc1cc(NC(=O)c2cc(-c3ccc(C)cc3C)nc3ccccc23)c(OC)cc1Cl. The molecule has 1 N–H and O–H groups in total. The van der Waals surface area contributed by atoms with E-state index in [-0.39, 0.29) is 5.91 Å². The van der Waals surface area contributed by atoms with Crippen LogP contribution in [0.3, 0.4) is 0 Å². The number of aryl methyl sites for hydroxylation is 2. The number of amides is 1. The molecule has 0 saturated carbocycles. The van der Waals surface area contributed by atoms with Crippen LogP contribution in [0.15, 0.2) is 60.7 Å². The molecular formula is C26H23ClN2O3. The van der Waals surface area contributed by atoms with Crippen molar-refractivity contribution < 1.29 is 14.3 Å². The van der Waals surface area contributed by atoms with Gasteiger partial charge in [0, 0.05) is 23.1 Å². The number of hydrogen-bond donors (Lipinski definition) is 1. The number of benzene rings is 3. The van der Waals surface area contributed by atoms with Gasteiger partial charge in [0.05, 0.1) is 41.7 Å². The van der Waals surface area contributed by atoms with Crippen molar-refractivity contribution in [1.29, 1.82) is 0 Å². The Balaban J connectivity index is 1.83. The number of rotatable bonds is 5. The maximum atomic E-state index is 13.4. The number of aromatic nitrogens is 1. The normalized spacial score (nSPS) is 10.8. The van der Waals surface area contributed by atoms with Gasteiger partial charge in [-0.25, -0.2) is 4.98 Å². The molecule has 0 atom stereocenters. The van der Waals surface area contributed by atoms with Crippen molar-refractivity contribution in [3.63, 3.8) is 0 Å². The summed E-state index contributed by atoms with van der Waals surface area (Å²) in [5, 5.41) is 4.10. The molecule has 1 amide bonds. The van der Waals surface area contributed by atoms with Gasteiger partial charge in [-0.3, -0.25) is 4.79 Å². The van der Waals surface area contributed by atoms with E-state index in [1.54, 1.807) is 12.1 Å². The smallest absolute Gasteiger partial charge is 0.256 e. The summed E-state index contributed by atoms with van der Waals surface area (Å²) in [5.41, 5.74) is 5.73. The number of methoxy groups -OCH3 is 2. The van der Waals surface area contributed by atoms with E-state index in [0.29, 0.717) is 27.8 Å². The van der Waals surface area contributed by atoms with Crippen LogP contribution in [0.4, 0.5) is 5.69 Å². The third kappa shape index (κ3) is 4.12. The molecule has 0 spiro atoms. The Morgan fingerprint density at radius 2 is 1.69 bits per heavy atom. The van der Waals surface area contributed by atoms with E-state index in [4.69, 9.17) is 26.1 Å². The second kappa shape index (κ2) is 8.89. The first-order valence-corrected chi connectivity index (χ1v) is 10.5. The number of carbonyl (C=O) groups excluding carboxylic acids is 1. The van der Waals surface area contributed by atoms with E-state index in [0.717, 1.165) is 27.7 Å². The molecule has 4 rings (SSSR count). The number of nitrogens with zero attached hydrogens (tertiary/aromatic N) is 1. The largest absolute Gasteiger partial charge is 0.495 e. The summed E-state index contributed by atoms with van der Waals surface area (Å²) in [6.07, 6.45) is 0. The summed E-state index contributed by atoms with van der Waals surface area (Å²) < 4.78 is 10.7. The van der Waals surface area contributed by atoms with Gasteiger partial charge >= 0.3 is 0 Å². The molecule has 3 aromatic carbocycles. The molecule has 0 aliphatic rings. The summed E-state index contributed by atoms with van der Waals surface area (Å²) in [6, 6.07) is 18.9. The third-order valence-corrected chi connectivity index (χ3v) is 5.64. The number of halogens is 1. The highest BCUT2D eigenvalue weighted by Crippen LogP contribution is 2.36. The molecule has 6 heteroatoms. The Morgan fingerprint density at radius 1 is 0.938 bits per heavy atom. The molecule has 0 radical (unpaired) electrons. The van der Waals surface area contributed by atoms with Crippen molar-refractivity contribution in [2.75, 3.05) is 19.5 Å². The van der Waals surface area contributed by atoms with E-state index in [2.05, 4.69) is 18.3 Å². The molecule has 0 unspecified atom stereocenters. The van der Waals surface area contributed by atoms with Crippen LogP contribution in [0, 0.1) is 13.8 Å². The molecule has 162 valence electrons. The molecule has 0 bridgehead atoms. The maximum absolute atomic E-state index is 13.4. The van der Waals surface area contributed by atoms with Gasteiger partial charge < -0.3 is 14.8 Å². The molecule has 1 aromatic heterocycles. The minimum absolute atomic E-state index is 0.280. The van der Waals surface area contributed by atoms with Crippen molar-refractivity contribution >= 4 is 34.1 Å². The predicted octanol–water partition coefficient (Wildman–Crippen LogP) is 6.44. The molecule has 32 heavy (non-hydrogen) atoms. The van der Waals surface area contributed by atoms with Crippen LogP contribution >= 0.6 is 11.6 Å². The average Bonchev–Trinajstić information content (AvgIpc) is 2.79. The van der Waals surface area contributed by atoms with E-state index in [1.165, 1.54) is 19.8 Å². The lowest BCUT2D eigenvalue weighted by molar-refractivity contribution is 0.102. The van der Waals surface area contributed by atoms with Crippen LogP contribution in [-0.4, -0.2) is 25.1 Å². The topological polar surface area (TPSA) is 60.5 Å². The monoisotopic (exact) mass is 446 g/mol. The Morgan fingerprint density at radius 3 is 2.41 bits per heavy atom. The minimum Gasteiger partial charge on any atom is -0.495 e. The Labute approximate surface area is 192 Å². The first-order valence-electron chi connectivity index (χ1n) is 10.1. The van der Waals surface area contributed by atoms with Gasteiger partial charge in [-0.15, -0.1) is 0 Å². The summed E-state index contributed by atoms with van der Waals surface area (Å²) in [5.74, 6) is 0.604. The lowest BCUT2D eigenvalue weighted by Crippen LogP contribution is -2.14. The zero-order valence-electron chi connectivity index (χ0n) is 18.3. The average molecular weight is 447 g/mol. The number of carbonyl (C=O) groups is 1. The fraction of sp³-hybridized carbons (Fsp3) is 0.154. The number of ether oxygens (including phenoxy) is 2. The van der Waals surface area contributed by atoms with Crippen LogP contribution in [0.1, 0.15) is 21.5 Å². The van der Waals surface area contributed by atoms with Crippen LogP contribution in [-0.2, 0) is 0 Å². The van der Waals surface area contributed by atoms with Crippen LogP contribution in [0.5, 0.6) is 11.5 Å². The van der Waals surface area contributed by atoms with Crippen molar-refractivity contribution in [1.82, 2.24) is 4.98 Å². The predicted molar refractivity (Wildman–Crippen MR) is 129 cm³/mol. The summed E-state index contributed by atoms with van der Waals surface area (Å²) in [6.45, 7) is 4.10. The Bertz CT molecular complexity index is 1330. The first-order chi connectivity index (χ1) is 15.4. The molecule has 0 aliphatic heterocycles. The summed E-state index contributed by atoms with van der Waals surface area (Å²) in [4.78, 5) is 18.3. The quantitative estimate of drug-likeness (QED) is 0.383. The highest BCUT2D eigenvalue weighted by molar-refractivity contribution is 6.32. The Hall–Kier alpha value is -3.57. The Kier molecular flexibility index (Phi) is 6.01. The molecule has 4 aromatic rings. The van der Waals surface area contributed by atoms with E-state index in [1.807, 2.05) is 49.4 Å². The molecular weight excluding hydrogens is 424 g/mol. The first kappa shape index (κ1) is 21.7. The van der Waals surface area contributed by atoms with Gasteiger partial charge in [0.2, 0.25) is 0 Å². The second-order valence-electron chi connectivity index (χ2n) is 7.53. The van der Waals surface area contributed by atoms with Crippen molar-refractivity contribution in [3.05, 3.63) is 82.4 Å². The zero-order valence-corrected chi connectivity index (χ0v) is 19.1. The van der Waals surface area contributed by atoms with Gasteiger partial charge in [0.15, 0.2) is 0 Å². The molecule has 5 nitrogen and oxygen atoms in total. The van der Waals surface area contributed by atoms with Gasteiger partial charge in [-0.05, 0) is 31.5 Å². The number of nitrogens with one attached hydrogen (secondary N) is 1. The summed E-state index contributed by atoms with van der Waals surface area (Å²) in [7, 11) is 3.04. The number of anilines is 1. The number of para-hydroxylation sites is 1. The van der Waals surface area contributed by atoms with E-state index < -0.39 is 0 Å². The summed E-state index contributed by atoms with van der Waals surface area (Å²) >= 11 is 6.20. The van der Waals surface area contributed by atoms with Crippen LogP contribution < -0.4 is 14.8 Å². The highest BCUT2D eigenvalue weighted by atomic mass is 35.5. The van der Waals surface area contributed by atoms with Gasteiger partial charge in [0.1, 0.15) is 11.5 Å². The van der Waals surface area contributed by atoms with Crippen molar-refractivity contribution in [3.8, 4) is 22.8 Å². The van der Waals surface area contributed by atoms with Gasteiger partial charge in [0.25, 0.3) is 5.91 Å².